The van der Waals surface area contributed by atoms with E-state index in [9.17, 15) is 0 Å². The van der Waals surface area contributed by atoms with Crippen LogP contribution in [0.2, 0.25) is 10.0 Å². The first-order chi connectivity index (χ1) is 13.7. The van der Waals surface area contributed by atoms with Crippen LogP contribution in [-0.4, -0.2) is 9.13 Å². The third kappa shape index (κ3) is 3.39. The lowest BCUT2D eigenvalue weighted by Crippen LogP contribution is -2.02. The number of benzene rings is 2. The van der Waals surface area contributed by atoms with Gasteiger partial charge in [0.2, 0.25) is 0 Å². The maximum atomic E-state index is 6.17. The van der Waals surface area contributed by atoms with Crippen LogP contribution >= 0.6 is 23.2 Å². The quantitative estimate of drug-likeness (QED) is 0.361. The Morgan fingerprint density at radius 1 is 0.536 bits per heavy atom. The molecule has 0 atom stereocenters. The van der Waals surface area contributed by atoms with Gasteiger partial charge in [-0.25, -0.2) is 0 Å². The molecule has 2 aromatic heterocycles. The Labute approximate surface area is 175 Å². The number of aromatic nitrogens is 2. The number of hydrogen-bond donors (Lipinski definition) is 0. The van der Waals surface area contributed by atoms with E-state index in [1.807, 2.05) is 36.4 Å². The highest BCUT2D eigenvalue weighted by molar-refractivity contribution is 6.31. The summed E-state index contributed by atoms with van der Waals surface area (Å²) in [7, 11) is 0. The van der Waals surface area contributed by atoms with Crippen LogP contribution in [0.5, 0.6) is 0 Å². The molecule has 1 aliphatic carbocycles. The normalized spacial score (nSPS) is 13.5. The highest BCUT2D eigenvalue weighted by atomic mass is 35.5. The summed E-state index contributed by atoms with van der Waals surface area (Å²) in [6, 6.07) is 16.0. The molecule has 0 aliphatic heterocycles. The molecular weight excluding hydrogens is 387 g/mol. The molecule has 0 unspecified atom stereocenters. The molecule has 0 saturated heterocycles. The zero-order valence-electron chi connectivity index (χ0n) is 15.4. The molecule has 0 radical (unpaired) electrons. The van der Waals surface area contributed by atoms with Crippen molar-refractivity contribution in [3.05, 3.63) is 106 Å². The Morgan fingerprint density at radius 3 is 1.21 bits per heavy atom. The minimum atomic E-state index is 0.768. The number of fused-ring (bicyclic) bond motifs is 2. The summed E-state index contributed by atoms with van der Waals surface area (Å²) in [6.45, 7) is 0. The number of rotatable bonds is 2. The minimum Gasteiger partial charge on any atom is -0.323 e. The van der Waals surface area contributed by atoms with Gasteiger partial charge in [0.1, 0.15) is 0 Å². The van der Waals surface area contributed by atoms with E-state index in [2.05, 4.69) is 46.1 Å². The summed E-state index contributed by atoms with van der Waals surface area (Å²) >= 11 is 12.3. The summed E-state index contributed by atoms with van der Waals surface area (Å²) in [5.41, 5.74) is 7.96. The van der Waals surface area contributed by atoms with E-state index in [-0.39, 0.29) is 0 Å². The molecule has 2 aromatic carbocycles. The molecular formula is C24H20Cl2N2. The second kappa shape index (κ2) is 7.20. The van der Waals surface area contributed by atoms with E-state index in [0.717, 1.165) is 47.1 Å². The van der Waals surface area contributed by atoms with Gasteiger partial charge in [0.25, 0.3) is 0 Å². The van der Waals surface area contributed by atoms with Crippen LogP contribution in [0.25, 0.3) is 11.4 Å². The van der Waals surface area contributed by atoms with Gasteiger partial charge in [0.05, 0.1) is 0 Å². The van der Waals surface area contributed by atoms with Crippen molar-refractivity contribution in [3.8, 4) is 11.4 Å². The minimum absolute atomic E-state index is 0.768. The van der Waals surface area contributed by atoms with Crippen LogP contribution in [0.15, 0.2) is 73.3 Å². The fourth-order valence-electron chi connectivity index (χ4n) is 4.09. The zero-order valence-corrected chi connectivity index (χ0v) is 16.9. The summed E-state index contributed by atoms with van der Waals surface area (Å²) in [5, 5.41) is 1.54. The summed E-state index contributed by atoms with van der Waals surface area (Å²) in [4.78, 5) is 0. The van der Waals surface area contributed by atoms with Crippen molar-refractivity contribution in [2.45, 2.75) is 25.7 Å². The van der Waals surface area contributed by atoms with E-state index >= 15 is 0 Å². The van der Waals surface area contributed by atoms with E-state index in [0.29, 0.717) is 0 Å². The van der Waals surface area contributed by atoms with Crippen molar-refractivity contribution >= 4 is 23.2 Å². The van der Waals surface area contributed by atoms with Crippen molar-refractivity contribution < 1.29 is 0 Å². The molecule has 140 valence electrons. The van der Waals surface area contributed by atoms with Crippen LogP contribution in [0, 0.1) is 0 Å². The van der Waals surface area contributed by atoms with Gasteiger partial charge in [-0.2, -0.15) is 0 Å². The highest BCUT2D eigenvalue weighted by Crippen LogP contribution is 2.27. The van der Waals surface area contributed by atoms with Gasteiger partial charge in [0.15, 0.2) is 0 Å². The van der Waals surface area contributed by atoms with Crippen molar-refractivity contribution in [1.82, 2.24) is 9.13 Å². The van der Waals surface area contributed by atoms with Crippen LogP contribution in [0.4, 0.5) is 0 Å². The Hall–Kier alpha value is -2.42. The fourth-order valence-corrected chi connectivity index (χ4v) is 4.46. The number of nitrogens with zero attached hydrogens (tertiary/aromatic N) is 2. The highest BCUT2D eigenvalue weighted by Gasteiger charge is 2.16. The Balaban J connectivity index is 1.43. The maximum Gasteiger partial charge on any atom is 0.0464 e. The predicted octanol–water partition coefficient (Wildman–Crippen LogP) is 6.46. The Kier molecular flexibility index (Phi) is 4.54. The molecule has 0 bridgehead atoms. The molecule has 2 nitrogen and oxygen atoms in total. The van der Waals surface area contributed by atoms with Crippen molar-refractivity contribution in [2.24, 2.45) is 0 Å². The molecule has 1 aliphatic rings. The zero-order chi connectivity index (χ0) is 19.1. The molecule has 28 heavy (non-hydrogen) atoms. The Morgan fingerprint density at radius 2 is 0.893 bits per heavy atom. The molecule has 0 saturated carbocycles. The maximum absolute atomic E-state index is 6.17. The van der Waals surface area contributed by atoms with Gasteiger partial charge in [-0.05, 0) is 84.3 Å². The Bertz CT molecular complexity index is 1020. The predicted molar refractivity (Wildman–Crippen MR) is 116 cm³/mol. The van der Waals surface area contributed by atoms with Crippen LogP contribution in [0.3, 0.4) is 0 Å². The first kappa shape index (κ1) is 17.7. The first-order valence-electron chi connectivity index (χ1n) is 9.57. The lowest BCUT2D eigenvalue weighted by Gasteiger charge is -2.09. The SMILES string of the molecule is Clc1cccc(-n2cc3c(c2)CCc2cn(-c4cccc(Cl)c4)cc2CC3)c1. The summed E-state index contributed by atoms with van der Waals surface area (Å²) < 4.78 is 4.41. The lowest BCUT2D eigenvalue weighted by molar-refractivity contribution is 0.853. The van der Waals surface area contributed by atoms with E-state index in [4.69, 9.17) is 23.2 Å². The van der Waals surface area contributed by atoms with Gasteiger partial charge >= 0.3 is 0 Å². The largest absolute Gasteiger partial charge is 0.323 e. The summed E-state index contributed by atoms with van der Waals surface area (Å²) in [5.74, 6) is 0. The number of halogens is 2. The molecule has 4 heteroatoms. The third-order valence-electron chi connectivity index (χ3n) is 5.54. The van der Waals surface area contributed by atoms with Crippen molar-refractivity contribution in [1.29, 1.82) is 0 Å². The average Bonchev–Trinajstić information content (AvgIpc) is 3.26. The van der Waals surface area contributed by atoms with E-state index in [1.54, 1.807) is 0 Å². The molecule has 4 aromatic rings. The molecule has 0 amide bonds. The van der Waals surface area contributed by atoms with Crippen LogP contribution in [0.1, 0.15) is 22.3 Å². The molecule has 2 heterocycles. The molecule has 0 spiro atoms. The van der Waals surface area contributed by atoms with Crippen LogP contribution < -0.4 is 0 Å². The van der Waals surface area contributed by atoms with Gasteiger partial charge in [-0.1, -0.05) is 35.3 Å². The summed E-state index contributed by atoms with van der Waals surface area (Å²) in [6.07, 6.45) is 13.3. The molecule has 0 N–H and O–H groups in total. The number of aryl methyl sites for hydroxylation is 4. The molecule has 5 rings (SSSR count). The van der Waals surface area contributed by atoms with Gasteiger partial charge in [0, 0.05) is 46.2 Å². The topological polar surface area (TPSA) is 9.86 Å². The van der Waals surface area contributed by atoms with Gasteiger partial charge in [-0.15, -0.1) is 0 Å². The second-order valence-electron chi connectivity index (χ2n) is 7.39. The van der Waals surface area contributed by atoms with Crippen molar-refractivity contribution in [2.75, 3.05) is 0 Å². The van der Waals surface area contributed by atoms with Gasteiger partial charge in [-0.3, -0.25) is 0 Å². The van der Waals surface area contributed by atoms with Gasteiger partial charge < -0.3 is 9.13 Å². The average molecular weight is 407 g/mol. The van der Waals surface area contributed by atoms with Crippen molar-refractivity contribution in [3.63, 3.8) is 0 Å². The molecule has 0 fully saturated rings. The van der Waals surface area contributed by atoms with E-state index in [1.165, 1.54) is 22.3 Å². The van der Waals surface area contributed by atoms with Crippen LogP contribution in [-0.2, 0) is 25.7 Å². The van der Waals surface area contributed by atoms with E-state index < -0.39 is 0 Å². The first-order valence-corrected chi connectivity index (χ1v) is 10.3. The number of hydrogen-bond acceptors (Lipinski definition) is 0. The standard InChI is InChI=1S/C24H20Cl2N2/c25-21-3-1-5-23(11-21)27-13-17-7-9-19-15-28(24-6-2-4-22(26)12-24)16-20(19)10-8-18(17)14-27/h1-6,11-16H,7-10H2. The fraction of sp³-hybridized carbons (Fsp3) is 0.167. The smallest absolute Gasteiger partial charge is 0.0464 e. The monoisotopic (exact) mass is 406 g/mol. The second-order valence-corrected chi connectivity index (χ2v) is 8.26. The third-order valence-corrected chi connectivity index (χ3v) is 6.01. The lowest BCUT2D eigenvalue weighted by atomic mass is 9.94.